The van der Waals surface area contributed by atoms with Gasteiger partial charge in [0.1, 0.15) is 17.1 Å². The van der Waals surface area contributed by atoms with Crippen LogP contribution in [0.3, 0.4) is 0 Å². The van der Waals surface area contributed by atoms with Crippen LogP contribution in [0.4, 0.5) is 0 Å². The maximum Gasteiger partial charge on any atom is 0.135 e. The summed E-state index contributed by atoms with van der Waals surface area (Å²) >= 11 is 12.4. The van der Waals surface area contributed by atoms with Gasteiger partial charge in [0, 0.05) is 33.4 Å². The quantitative estimate of drug-likeness (QED) is 0.404. The second kappa shape index (κ2) is 8.90. The molecule has 0 spiro atoms. The van der Waals surface area contributed by atoms with Crippen LogP contribution in [0.15, 0.2) is 65.8 Å². The molecule has 1 aliphatic heterocycles. The zero-order chi connectivity index (χ0) is 24.7. The molecule has 0 amide bonds. The van der Waals surface area contributed by atoms with Crippen LogP contribution in [0.25, 0.3) is 0 Å². The van der Waals surface area contributed by atoms with Crippen molar-refractivity contribution in [3.8, 4) is 5.75 Å². The third-order valence-electron chi connectivity index (χ3n) is 6.69. The molecule has 2 aromatic carbocycles. The van der Waals surface area contributed by atoms with Crippen molar-refractivity contribution in [2.75, 3.05) is 6.61 Å². The number of aromatic nitrogens is 1. The summed E-state index contributed by atoms with van der Waals surface area (Å²) in [4.78, 5) is 10.1. The second-order valence-corrected chi connectivity index (χ2v) is 10.9. The van der Waals surface area contributed by atoms with Crippen molar-refractivity contribution < 1.29 is 4.74 Å². The first-order valence-corrected chi connectivity index (χ1v) is 12.3. The minimum absolute atomic E-state index is 0.0923. The Kier molecular flexibility index (Phi) is 6.43. The van der Waals surface area contributed by atoms with Crippen molar-refractivity contribution in [1.29, 1.82) is 0 Å². The molecule has 0 fully saturated rings. The zero-order valence-electron chi connectivity index (χ0n) is 20.5. The van der Waals surface area contributed by atoms with Gasteiger partial charge in [0.05, 0.1) is 17.7 Å². The minimum atomic E-state index is -0.632. The molecule has 34 heavy (non-hydrogen) atoms. The number of pyridine rings is 1. The number of rotatable bonds is 5. The first-order valence-electron chi connectivity index (χ1n) is 11.5. The number of nitrogens with zero attached hydrogens (tertiary/aromatic N) is 2. The number of nitrogens with one attached hydrogen (secondary N) is 1. The summed E-state index contributed by atoms with van der Waals surface area (Å²) in [5, 5.41) is 5.12. The van der Waals surface area contributed by atoms with Crippen molar-refractivity contribution in [2.45, 2.75) is 58.0 Å². The van der Waals surface area contributed by atoms with E-state index in [4.69, 9.17) is 37.9 Å². The van der Waals surface area contributed by atoms with E-state index in [-0.39, 0.29) is 5.41 Å². The van der Waals surface area contributed by atoms with Gasteiger partial charge in [-0.05, 0) is 56.2 Å². The number of benzene rings is 2. The molecule has 3 aromatic rings. The molecule has 1 N–H and O–H groups in total. The van der Waals surface area contributed by atoms with Crippen molar-refractivity contribution in [1.82, 2.24) is 10.3 Å². The lowest BCUT2D eigenvalue weighted by molar-refractivity contribution is 0.268. The van der Waals surface area contributed by atoms with Gasteiger partial charge in [-0.3, -0.25) is 9.98 Å². The van der Waals surface area contributed by atoms with Crippen LogP contribution in [0.5, 0.6) is 5.75 Å². The minimum Gasteiger partial charge on any atom is -0.493 e. The highest BCUT2D eigenvalue weighted by atomic mass is 35.5. The first kappa shape index (κ1) is 24.6. The zero-order valence-corrected chi connectivity index (χ0v) is 22.1. The average Bonchev–Trinajstić information content (AvgIpc) is 3.06. The molecule has 0 saturated carbocycles. The fourth-order valence-corrected chi connectivity index (χ4v) is 4.67. The standard InChI is InChI=1S/C28H31Cl2N3O/c1-7-34-23-16-24(26(2,3)4)31-17-22(23)25-32-27(5,18-8-12-20(29)13-9-18)28(6,33-25)19-10-14-21(30)15-11-19/h8-17H,7H2,1-6H3,(H,32,33). The van der Waals surface area contributed by atoms with E-state index in [0.717, 1.165) is 34.0 Å². The molecule has 0 bridgehead atoms. The first-order chi connectivity index (χ1) is 16.0. The fourth-order valence-electron chi connectivity index (χ4n) is 4.41. The fraction of sp³-hybridized carbons (Fsp3) is 0.357. The normalized spacial score (nSPS) is 22.3. The Hall–Kier alpha value is -2.56. The van der Waals surface area contributed by atoms with Gasteiger partial charge >= 0.3 is 0 Å². The van der Waals surface area contributed by atoms with E-state index in [0.29, 0.717) is 16.7 Å². The van der Waals surface area contributed by atoms with E-state index in [2.05, 4.69) is 39.9 Å². The van der Waals surface area contributed by atoms with Crippen molar-refractivity contribution >= 4 is 29.0 Å². The summed E-state index contributed by atoms with van der Waals surface area (Å²) in [6.07, 6.45) is 1.87. The van der Waals surface area contributed by atoms with Crippen molar-refractivity contribution in [2.24, 2.45) is 4.99 Å². The van der Waals surface area contributed by atoms with Crippen LogP contribution in [-0.2, 0) is 16.5 Å². The maximum absolute atomic E-state index is 6.21. The highest BCUT2D eigenvalue weighted by molar-refractivity contribution is 6.30. The van der Waals surface area contributed by atoms with Crippen LogP contribution in [0.1, 0.15) is 63.9 Å². The summed E-state index contributed by atoms with van der Waals surface area (Å²) in [6.45, 7) is 13.3. The molecule has 0 radical (unpaired) electrons. The van der Waals surface area contributed by atoms with Crippen LogP contribution in [-0.4, -0.2) is 17.4 Å². The number of amidine groups is 1. The van der Waals surface area contributed by atoms with Gasteiger partial charge < -0.3 is 10.1 Å². The topological polar surface area (TPSA) is 46.5 Å². The molecule has 4 nitrogen and oxygen atoms in total. The molecule has 4 rings (SSSR count). The van der Waals surface area contributed by atoms with E-state index in [1.807, 2.05) is 67.7 Å². The van der Waals surface area contributed by atoms with E-state index in [9.17, 15) is 0 Å². The largest absolute Gasteiger partial charge is 0.493 e. The molecular weight excluding hydrogens is 465 g/mol. The van der Waals surface area contributed by atoms with Crippen LogP contribution >= 0.6 is 23.2 Å². The lowest BCUT2D eigenvalue weighted by Crippen LogP contribution is -2.50. The monoisotopic (exact) mass is 495 g/mol. The number of hydrogen-bond acceptors (Lipinski definition) is 4. The van der Waals surface area contributed by atoms with Gasteiger partial charge in [0.2, 0.25) is 0 Å². The highest BCUT2D eigenvalue weighted by Crippen LogP contribution is 2.48. The Balaban J connectivity index is 1.90. The van der Waals surface area contributed by atoms with Crippen LogP contribution in [0.2, 0.25) is 10.0 Å². The summed E-state index contributed by atoms with van der Waals surface area (Å²) in [6, 6.07) is 17.8. The third kappa shape index (κ3) is 4.30. The Morgan fingerprint density at radius 3 is 2.00 bits per heavy atom. The lowest BCUT2D eigenvalue weighted by Gasteiger charge is -2.40. The molecule has 1 aliphatic rings. The number of aliphatic imine (C=N–C) groups is 1. The number of hydrogen-bond donors (Lipinski definition) is 1. The lowest BCUT2D eigenvalue weighted by atomic mass is 9.72. The predicted molar refractivity (Wildman–Crippen MR) is 141 cm³/mol. The number of halogens is 2. The Morgan fingerprint density at radius 2 is 1.47 bits per heavy atom. The van der Waals surface area contributed by atoms with E-state index < -0.39 is 11.1 Å². The van der Waals surface area contributed by atoms with Gasteiger partial charge in [0.25, 0.3) is 0 Å². The molecular formula is C28H31Cl2N3O. The molecule has 0 saturated heterocycles. The number of ether oxygens (including phenoxy) is 1. The van der Waals surface area contributed by atoms with Gasteiger partial charge in [-0.2, -0.15) is 0 Å². The molecule has 2 heterocycles. The smallest absolute Gasteiger partial charge is 0.135 e. The van der Waals surface area contributed by atoms with Gasteiger partial charge in [-0.15, -0.1) is 0 Å². The molecule has 2 atom stereocenters. The van der Waals surface area contributed by atoms with Gasteiger partial charge in [0.15, 0.2) is 0 Å². The summed E-state index contributed by atoms with van der Waals surface area (Å²) in [7, 11) is 0. The second-order valence-electron chi connectivity index (χ2n) is 10.0. The average molecular weight is 496 g/mol. The maximum atomic E-state index is 6.21. The van der Waals surface area contributed by atoms with Gasteiger partial charge in [-0.25, -0.2) is 0 Å². The highest BCUT2D eigenvalue weighted by Gasteiger charge is 2.52. The SMILES string of the molecule is CCOc1cc(C(C)(C)C)ncc1C1=NC(C)(c2ccc(Cl)cc2)C(C)(c2ccc(Cl)cc2)N1. The Morgan fingerprint density at radius 1 is 0.912 bits per heavy atom. The summed E-state index contributed by atoms with van der Waals surface area (Å²) < 4.78 is 6.07. The van der Waals surface area contributed by atoms with Crippen LogP contribution < -0.4 is 10.1 Å². The Labute approximate surface area is 212 Å². The molecule has 178 valence electrons. The summed E-state index contributed by atoms with van der Waals surface area (Å²) in [5.74, 6) is 1.51. The Bertz CT molecular complexity index is 1220. The molecule has 6 heteroatoms. The molecule has 0 aliphatic carbocycles. The van der Waals surface area contributed by atoms with E-state index in [1.165, 1.54) is 0 Å². The molecule has 1 aromatic heterocycles. The van der Waals surface area contributed by atoms with E-state index >= 15 is 0 Å². The van der Waals surface area contributed by atoms with Crippen LogP contribution in [0, 0.1) is 0 Å². The van der Waals surface area contributed by atoms with Crippen molar-refractivity contribution in [3.63, 3.8) is 0 Å². The molecule has 2 unspecified atom stereocenters. The van der Waals surface area contributed by atoms with Gasteiger partial charge in [-0.1, -0.05) is 68.2 Å². The summed E-state index contributed by atoms with van der Waals surface area (Å²) in [5.41, 5.74) is 2.65. The van der Waals surface area contributed by atoms with Crippen molar-refractivity contribution in [3.05, 3.63) is 93.2 Å². The third-order valence-corrected chi connectivity index (χ3v) is 7.20. The predicted octanol–water partition coefficient (Wildman–Crippen LogP) is 7.27. The van der Waals surface area contributed by atoms with E-state index in [1.54, 1.807) is 0 Å².